The van der Waals surface area contributed by atoms with Crippen molar-refractivity contribution in [1.29, 1.82) is 0 Å². The maximum atomic E-state index is 14.7. The molecule has 4 aliphatic rings. The highest BCUT2D eigenvalue weighted by Crippen LogP contribution is 2.46. The van der Waals surface area contributed by atoms with Crippen LogP contribution in [0.1, 0.15) is 85.0 Å². The lowest BCUT2D eigenvalue weighted by molar-refractivity contribution is -0.159. The van der Waals surface area contributed by atoms with Crippen molar-refractivity contribution >= 4 is 56.2 Å². The van der Waals surface area contributed by atoms with Gasteiger partial charge in [-0.25, -0.2) is 13.4 Å². The van der Waals surface area contributed by atoms with E-state index in [1.807, 2.05) is 18.2 Å². The Morgan fingerprint density at radius 3 is 2.55 bits per heavy atom. The second-order valence-electron chi connectivity index (χ2n) is 16.7. The second-order valence-corrected chi connectivity index (χ2v) is 19.0. The van der Waals surface area contributed by atoms with Crippen LogP contribution < -0.4 is 19.5 Å². The van der Waals surface area contributed by atoms with Crippen LogP contribution in [0.4, 0.5) is 0 Å². The van der Waals surface area contributed by atoms with Gasteiger partial charge in [0, 0.05) is 35.9 Å². The molecule has 1 saturated heterocycles. The van der Waals surface area contributed by atoms with Crippen LogP contribution in [-0.4, -0.2) is 89.2 Å². The Morgan fingerprint density at radius 2 is 1.84 bits per heavy atom. The molecule has 1 aromatic carbocycles. The molecular weight excluding hydrogens is 786 g/mol. The summed E-state index contributed by atoms with van der Waals surface area (Å²) >= 11 is 6.79. The minimum Gasteiger partial charge on any atom is -0.495 e. The average Bonchev–Trinajstić information content (AvgIpc) is 4.10. The van der Waals surface area contributed by atoms with Gasteiger partial charge in [-0.15, -0.1) is 0 Å². The average molecular weight is 836 g/mol. The summed E-state index contributed by atoms with van der Waals surface area (Å²) in [7, 11) is -2.41. The number of ether oxygens (including phenoxy) is 3. The predicted molar refractivity (Wildman–Crippen MR) is 216 cm³/mol. The number of methoxy groups -OCH3 is 1. The number of nitrogens with zero attached hydrogens (tertiary/aromatic N) is 3. The highest BCUT2D eigenvalue weighted by atomic mass is 35.5. The van der Waals surface area contributed by atoms with Gasteiger partial charge in [-0.2, -0.15) is 0 Å². The lowest BCUT2D eigenvalue weighted by Gasteiger charge is -2.30. The van der Waals surface area contributed by atoms with Gasteiger partial charge in [-0.1, -0.05) is 42.7 Å². The number of sulfonamides is 1. The van der Waals surface area contributed by atoms with Crippen LogP contribution in [0.25, 0.3) is 22.3 Å². The van der Waals surface area contributed by atoms with Crippen LogP contribution >= 0.6 is 11.6 Å². The smallest absolute Gasteiger partial charge is 0.307 e. The van der Waals surface area contributed by atoms with E-state index in [9.17, 15) is 27.6 Å². The fraction of sp³-hybridized carbons (Fsp3) is 0.524. The summed E-state index contributed by atoms with van der Waals surface area (Å²) in [5.41, 5.74) is -0.849. The zero-order valence-corrected chi connectivity index (χ0v) is 34.7. The monoisotopic (exact) mass is 835 g/mol. The lowest BCUT2D eigenvalue weighted by atomic mass is 9.95. The summed E-state index contributed by atoms with van der Waals surface area (Å²) in [4.78, 5) is 67.0. The van der Waals surface area contributed by atoms with Crippen molar-refractivity contribution in [2.45, 2.75) is 114 Å². The number of carbonyl (C=O) groups is 4. The highest BCUT2D eigenvalue weighted by molar-refractivity contribution is 7.91. The van der Waals surface area contributed by atoms with Crippen molar-refractivity contribution in [1.82, 2.24) is 24.9 Å². The van der Waals surface area contributed by atoms with Crippen molar-refractivity contribution in [3.63, 3.8) is 0 Å². The van der Waals surface area contributed by atoms with E-state index in [1.54, 1.807) is 57.3 Å². The molecule has 58 heavy (non-hydrogen) atoms. The number of allylic oxidation sites excluding steroid dienone is 1. The molecule has 3 amide bonds. The zero-order valence-electron chi connectivity index (χ0n) is 33.2. The van der Waals surface area contributed by atoms with E-state index in [2.05, 4.69) is 15.0 Å². The Morgan fingerprint density at radius 1 is 1.05 bits per heavy atom. The Balaban J connectivity index is 1.24. The number of benzene rings is 1. The molecule has 0 bridgehead atoms. The molecule has 0 radical (unpaired) electrons. The molecule has 16 heteroatoms. The van der Waals surface area contributed by atoms with Crippen LogP contribution in [0.2, 0.25) is 5.02 Å². The number of halogens is 1. The molecule has 1 unspecified atom stereocenters. The van der Waals surface area contributed by atoms with Crippen LogP contribution in [0, 0.1) is 11.8 Å². The number of nitrogens with one attached hydrogen (secondary N) is 2. The first-order valence-electron chi connectivity index (χ1n) is 19.9. The molecule has 310 valence electrons. The highest BCUT2D eigenvalue weighted by Gasteiger charge is 2.62. The molecule has 2 saturated carbocycles. The molecule has 3 aromatic rings. The van der Waals surface area contributed by atoms with Crippen molar-refractivity contribution in [2.24, 2.45) is 11.8 Å². The number of rotatable bonds is 9. The number of carbonyl (C=O) groups excluding carboxylic acids is 4. The third kappa shape index (κ3) is 9.10. The topological polar surface area (TPSA) is 183 Å². The molecular formula is C42H50ClN5O9S. The Labute approximate surface area is 343 Å². The summed E-state index contributed by atoms with van der Waals surface area (Å²) in [6.45, 7) is 5.26. The molecule has 7 rings (SSSR count). The van der Waals surface area contributed by atoms with Gasteiger partial charge >= 0.3 is 5.97 Å². The molecule has 2 aliphatic carbocycles. The number of hydrogen-bond donors (Lipinski definition) is 2. The fourth-order valence-corrected chi connectivity index (χ4v) is 9.50. The number of hydrogen-bond acceptors (Lipinski definition) is 11. The Bertz CT molecular complexity index is 2230. The van der Waals surface area contributed by atoms with E-state index in [0.717, 1.165) is 12.8 Å². The number of esters is 1. The Kier molecular flexibility index (Phi) is 11.8. The molecule has 4 heterocycles. The van der Waals surface area contributed by atoms with Crippen molar-refractivity contribution in [2.75, 3.05) is 13.7 Å². The first kappa shape index (κ1) is 41.4. The van der Waals surface area contributed by atoms with E-state index >= 15 is 0 Å². The van der Waals surface area contributed by atoms with Gasteiger partial charge in [0.05, 0.1) is 42.2 Å². The van der Waals surface area contributed by atoms with Crippen LogP contribution in [0.3, 0.4) is 0 Å². The number of amides is 3. The van der Waals surface area contributed by atoms with Crippen LogP contribution in [-0.2, 0) is 33.9 Å². The van der Waals surface area contributed by atoms with Gasteiger partial charge in [0.25, 0.3) is 5.91 Å². The molecule has 14 nitrogen and oxygen atoms in total. The number of aromatic nitrogens is 2. The van der Waals surface area contributed by atoms with E-state index in [1.165, 1.54) is 12.0 Å². The number of fused-ring (bicyclic) bond motifs is 3. The van der Waals surface area contributed by atoms with Crippen LogP contribution in [0.5, 0.6) is 11.5 Å². The first-order valence-corrected chi connectivity index (χ1v) is 21.8. The summed E-state index contributed by atoms with van der Waals surface area (Å²) in [6, 6.07) is 9.50. The maximum absolute atomic E-state index is 14.7. The van der Waals surface area contributed by atoms with E-state index in [4.69, 9.17) is 30.8 Å². The van der Waals surface area contributed by atoms with Gasteiger partial charge in [-0.3, -0.25) is 28.9 Å². The van der Waals surface area contributed by atoms with E-state index < -0.39 is 74.1 Å². The SMILES string of the molecule is COc1ccc2c(O[C@@H]3C[C@H]4C(=O)N[C@]5(C(=O)NS(=O)(=O)C6CC6)CC5C=CCCCCC[C@H](CC(=O)OC(C)(C)C)C(=O)N4C3)cc(-c3ccccn3)nc2c1Cl. The van der Waals surface area contributed by atoms with Crippen LogP contribution in [0.15, 0.2) is 54.7 Å². The maximum Gasteiger partial charge on any atom is 0.307 e. The van der Waals surface area contributed by atoms with Gasteiger partial charge in [-0.05, 0) is 83.6 Å². The molecule has 3 fully saturated rings. The normalized spacial score (nSPS) is 25.4. The van der Waals surface area contributed by atoms with E-state index in [-0.39, 0.29) is 30.8 Å². The third-order valence-electron chi connectivity index (χ3n) is 11.1. The number of pyridine rings is 2. The van der Waals surface area contributed by atoms with Gasteiger partial charge in [0.2, 0.25) is 21.8 Å². The quantitative estimate of drug-likeness (QED) is 0.201. The standard InChI is InChI=1S/C42H50ClN5O9S/c1-41(2,3)57-35(49)20-25-12-8-6-5-7-9-13-26-23-42(26,40(52)47-58(53,54)28-15-16-28)46-38(50)32-21-27(24-48(32)39(25)51)56-34-22-31(30-14-10-11-19-44-30)45-37-29(34)17-18-33(55-4)36(37)43/h9-11,13-14,17-19,22,25-28,32H,5-8,12,15-16,20-21,23-24H2,1-4H3,(H,46,50)(H,47,52)/t25-,26?,27-,32+,42-/m1/s1. The summed E-state index contributed by atoms with van der Waals surface area (Å²) in [5, 5.41) is 3.09. The molecule has 0 spiro atoms. The first-order chi connectivity index (χ1) is 27.6. The molecule has 2 aromatic heterocycles. The minimum atomic E-state index is -3.91. The largest absolute Gasteiger partial charge is 0.495 e. The lowest BCUT2D eigenvalue weighted by Crippen LogP contribution is -2.57. The van der Waals surface area contributed by atoms with Crippen molar-refractivity contribution < 1.29 is 41.8 Å². The van der Waals surface area contributed by atoms with Crippen molar-refractivity contribution in [3.8, 4) is 22.9 Å². The minimum absolute atomic E-state index is 0.0209. The third-order valence-corrected chi connectivity index (χ3v) is 13.3. The fourth-order valence-electron chi connectivity index (χ4n) is 7.85. The van der Waals surface area contributed by atoms with Gasteiger partial charge in [0.15, 0.2) is 0 Å². The second kappa shape index (κ2) is 16.5. The van der Waals surface area contributed by atoms with Gasteiger partial charge in [0.1, 0.15) is 39.8 Å². The molecule has 2 N–H and O–H groups in total. The Hall–Kier alpha value is -4.76. The zero-order chi connectivity index (χ0) is 41.4. The molecule has 5 atom stereocenters. The van der Waals surface area contributed by atoms with E-state index in [0.29, 0.717) is 65.9 Å². The summed E-state index contributed by atoms with van der Waals surface area (Å²) in [6.07, 6.45) is 9.05. The predicted octanol–water partition coefficient (Wildman–Crippen LogP) is 5.66. The summed E-state index contributed by atoms with van der Waals surface area (Å²) < 4.78 is 45.9. The summed E-state index contributed by atoms with van der Waals surface area (Å²) in [5.74, 6) is -2.79. The molecule has 2 aliphatic heterocycles. The van der Waals surface area contributed by atoms with Gasteiger partial charge < -0.3 is 24.4 Å². The van der Waals surface area contributed by atoms with Crippen molar-refractivity contribution in [3.05, 3.63) is 59.8 Å².